The molecule has 0 spiro atoms. The number of carbonyl (C=O) groups excluding carboxylic acids is 1. The van der Waals surface area contributed by atoms with Crippen LogP contribution in [0.25, 0.3) is 0 Å². The van der Waals surface area contributed by atoms with Crippen LogP contribution < -0.4 is 9.64 Å². The largest absolute Gasteiger partial charge is 0.490 e. The smallest absolute Gasteiger partial charge is 0.145 e. The van der Waals surface area contributed by atoms with Gasteiger partial charge in [-0.15, -0.1) is 0 Å². The number of benzene rings is 1. The molecule has 0 N–H and O–H groups in total. The molecule has 0 aromatic heterocycles. The van der Waals surface area contributed by atoms with Crippen LogP contribution in [0, 0.1) is 0 Å². The summed E-state index contributed by atoms with van der Waals surface area (Å²) >= 11 is 0. The van der Waals surface area contributed by atoms with E-state index < -0.39 is 0 Å². The normalized spacial score (nSPS) is 11.1. The Labute approximate surface area is 96.3 Å². The van der Waals surface area contributed by atoms with Crippen molar-refractivity contribution < 1.29 is 9.53 Å². The number of anilines is 1. The van der Waals surface area contributed by atoms with Gasteiger partial charge in [0.1, 0.15) is 18.6 Å². The fourth-order valence-corrected chi connectivity index (χ4v) is 1.16. The van der Waals surface area contributed by atoms with Gasteiger partial charge in [-0.2, -0.15) is 0 Å². The van der Waals surface area contributed by atoms with Gasteiger partial charge < -0.3 is 9.64 Å². The van der Waals surface area contributed by atoms with Crippen molar-refractivity contribution in [3.63, 3.8) is 0 Å². The van der Waals surface area contributed by atoms with Crippen molar-refractivity contribution in [1.29, 1.82) is 0 Å². The third kappa shape index (κ3) is 3.77. The number of nitrogens with zero attached hydrogens (tertiary/aromatic N) is 1. The third-order valence-electron chi connectivity index (χ3n) is 2.19. The summed E-state index contributed by atoms with van der Waals surface area (Å²) in [5.41, 5.74) is 1.82. The minimum absolute atomic E-state index is 0.423. The van der Waals surface area contributed by atoms with E-state index in [1.807, 2.05) is 43.3 Å². The first-order valence-corrected chi connectivity index (χ1v) is 5.15. The van der Waals surface area contributed by atoms with Gasteiger partial charge in [-0.05, 0) is 42.8 Å². The number of aldehydes is 1. The molecule has 0 bridgehead atoms. The maximum Gasteiger partial charge on any atom is 0.145 e. The van der Waals surface area contributed by atoms with E-state index in [-0.39, 0.29) is 0 Å². The summed E-state index contributed by atoms with van der Waals surface area (Å²) in [6, 6.07) is 7.82. The average Bonchev–Trinajstić information content (AvgIpc) is 2.29. The fraction of sp³-hybridized carbons (Fsp3) is 0.308. The highest BCUT2D eigenvalue weighted by molar-refractivity contribution is 5.71. The molecule has 3 heteroatoms. The standard InChI is InChI=1S/C13H17NO2/c1-11(10-15)8-9-16-13-6-4-12(5-7-13)14(2)3/h4-8,10H,9H2,1-3H3. The predicted molar refractivity (Wildman–Crippen MR) is 66.1 cm³/mol. The van der Waals surface area contributed by atoms with Crippen molar-refractivity contribution in [3.05, 3.63) is 35.9 Å². The lowest BCUT2D eigenvalue weighted by Gasteiger charge is -2.12. The van der Waals surface area contributed by atoms with E-state index in [4.69, 9.17) is 4.74 Å². The lowest BCUT2D eigenvalue weighted by molar-refractivity contribution is -0.104. The molecule has 0 unspecified atom stereocenters. The SMILES string of the molecule is CC(C=O)=CCOc1ccc(N(C)C)cc1. The number of hydrogen-bond acceptors (Lipinski definition) is 3. The van der Waals surface area contributed by atoms with Crippen LogP contribution in [0.5, 0.6) is 5.75 Å². The second kappa shape index (κ2) is 5.95. The van der Waals surface area contributed by atoms with Crippen LogP contribution in [0.15, 0.2) is 35.9 Å². The van der Waals surface area contributed by atoms with E-state index in [0.717, 1.165) is 17.7 Å². The summed E-state index contributed by atoms with van der Waals surface area (Å²) in [6.07, 6.45) is 2.57. The number of carbonyl (C=O) groups is 1. The molecular weight excluding hydrogens is 202 g/mol. The molecule has 0 saturated carbocycles. The second-order valence-electron chi connectivity index (χ2n) is 3.77. The number of allylic oxidation sites excluding steroid dienone is 1. The Hall–Kier alpha value is -1.77. The van der Waals surface area contributed by atoms with E-state index in [1.165, 1.54) is 0 Å². The summed E-state index contributed by atoms with van der Waals surface area (Å²) in [6.45, 7) is 2.18. The van der Waals surface area contributed by atoms with Crippen molar-refractivity contribution in [1.82, 2.24) is 0 Å². The van der Waals surface area contributed by atoms with Gasteiger partial charge in [-0.25, -0.2) is 0 Å². The molecule has 0 atom stereocenters. The van der Waals surface area contributed by atoms with Crippen LogP contribution in [0.1, 0.15) is 6.92 Å². The highest BCUT2D eigenvalue weighted by Crippen LogP contribution is 2.17. The van der Waals surface area contributed by atoms with Gasteiger partial charge in [0.25, 0.3) is 0 Å². The van der Waals surface area contributed by atoms with Gasteiger partial charge in [0.2, 0.25) is 0 Å². The highest BCUT2D eigenvalue weighted by Gasteiger charge is 1.96. The van der Waals surface area contributed by atoms with Crippen LogP contribution in [0.3, 0.4) is 0 Å². The molecule has 1 aromatic rings. The summed E-state index contributed by atoms with van der Waals surface area (Å²) in [4.78, 5) is 12.4. The van der Waals surface area contributed by atoms with E-state index in [2.05, 4.69) is 0 Å². The lowest BCUT2D eigenvalue weighted by atomic mass is 10.3. The van der Waals surface area contributed by atoms with Crippen LogP contribution in [0.4, 0.5) is 5.69 Å². The zero-order valence-corrected chi connectivity index (χ0v) is 9.93. The number of rotatable bonds is 5. The van der Waals surface area contributed by atoms with Crippen molar-refractivity contribution in [2.24, 2.45) is 0 Å². The molecule has 86 valence electrons. The molecule has 1 rings (SSSR count). The molecule has 0 aliphatic carbocycles. The van der Waals surface area contributed by atoms with Crippen LogP contribution in [0.2, 0.25) is 0 Å². The zero-order chi connectivity index (χ0) is 12.0. The van der Waals surface area contributed by atoms with E-state index in [9.17, 15) is 4.79 Å². The first kappa shape index (κ1) is 12.3. The minimum atomic E-state index is 0.423. The first-order valence-electron chi connectivity index (χ1n) is 5.15. The predicted octanol–water partition coefficient (Wildman–Crippen LogP) is 2.28. The number of hydrogen-bond donors (Lipinski definition) is 0. The summed E-state index contributed by atoms with van der Waals surface area (Å²) in [5, 5.41) is 0. The summed E-state index contributed by atoms with van der Waals surface area (Å²) in [5.74, 6) is 0.806. The van der Waals surface area contributed by atoms with Crippen molar-refractivity contribution >= 4 is 12.0 Å². The Balaban J connectivity index is 2.53. The molecule has 0 amide bonds. The van der Waals surface area contributed by atoms with Gasteiger partial charge in [-0.1, -0.05) is 0 Å². The van der Waals surface area contributed by atoms with Crippen molar-refractivity contribution in [2.45, 2.75) is 6.92 Å². The molecular formula is C13H17NO2. The number of ether oxygens (including phenoxy) is 1. The minimum Gasteiger partial charge on any atom is -0.490 e. The Kier molecular flexibility index (Phi) is 4.58. The highest BCUT2D eigenvalue weighted by atomic mass is 16.5. The molecule has 0 heterocycles. The first-order chi connectivity index (χ1) is 7.63. The van der Waals surface area contributed by atoms with Gasteiger partial charge in [0.05, 0.1) is 0 Å². The fourth-order valence-electron chi connectivity index (χ4n) is 1.16. The summed E-state index contributed by atoms with van der Waals surface area (Å²) in [7, 11) is 3.98. The average molecular weight is 219 g/mol. The summed E-state index contributed by atoms with van der Waals surface area (Å²) < 4.78 is 5.46. The van der Waals surface area contributed by atoms with Gasteiger partial charge in [-0.3, -0.25) is 4.79 Å². The maximum absolute atomic E-state index is 10.3. The van der Waals surface area contributed by atoms with Crippen LogP contribution >= 0.6 is 0 Å². The van der Waals surface area contributed by atoms with E-state index >= 15 is 0 Å². The molecule has 3 nitrogen and oxygen atoms in total. The van der Waals surface area contributed by atoms with Gasteiger partial charge in [0.15, 0.2) is 0 Å². The third-order valence-corrected chi connectivity index (χ3v) is 2.19. The molecule has 1 aromatic carbocycles. The second-order valence-corrected chi connectivity index (χ2v) is 3.77. The van der Waals surface area contributed by atoms with Crippen molar-refractivity contribution in [2.75, 3.05) is 25.6 Å². The van der Waals surface area contributed by atoms with Crippen LogP contribution in [-0.2, 0) is 4.79 Å². The zero-order valence-electron chi connectivity index (χ0n) is 9.93. The molecule has 0 fully saturated rings. The Morgan fingerprint density at radius 3 is 2.44 bits per heavy atom. The van der Waals surface area contributed by atoms with E-state index in [1.54, 1.807) is 13.0 Å². The maximum atomic E-state index is 10.3. The monoisotopic (exact) mass is 219 g/mol. The Bertz CT molecular complexity index is 366. The Morgan fingerprint density at radius 1 is 1.31 bits per heavy atom. The van der Waals surface area contributed by atoms with Crippen molar-refractivity contribution in [3.8, 4) is 5.75 Å². The van der Waals surface area contributed by atoms with Gasteiger partial charge in [0, 0.05) is 19.8 Å². The van der Waals surface area contributed by atoms with Gasteiger partial charge >= 0.3 is 0 Å². The lowest BCUT2D eigenvalue weighted by Crippen LogP contribution is -2.08. The van der Waals surface area contributed by atoms with Crippen LogP contribution in [-0.4, -0.2) is 27.0 Å². The molecule has 0 radical (unpaired) electrons. The molecule has 16 heavy (non-hydrogen) atoms. The molecule has 0 aliphatic heterocycles. The topological polar surface area (TPSA) is 29.5 Å². The molecule has 0 aliphatic rings. The quantitative estimate of drug-likeness (QED) is 0.562. The van der Waals surface area contributed by atoms with E-state index in [0.29, 0.717) is 12.2 Å². The molecule has 0 saturated heterocycles. The Morgan fingerprint density at radius 2 is 1.94 bits per heavy atom.